The summed E-state index contributed by atoms with van der Waals surface area (Å²) in [5, 5.41) is 0. The molecule has 1 saturated carbocycles. The van der Waals surface area contributed by atoms with Gasteiger partial charge in [-0.3, -0.25) is 11.3 Å². The summed E-state index contributed by atoms with van der Waals surface area (Å²) in [5.41, 5.74) is 6.54. The maximum Gasteiger partial charge on any atom is 0.123 e. The van der Waals surface area contributed by atoms with Crippen molar-refractivity contribution in [3.05, 3.63) is 71.0 Å². The van der Waals surface area contributed by atoms with Crippen molar-refractivity contribution >= 4 is 0 Å². The molecule has 1 atom stereocenters. The third kappa shape index (κ3) is 3.31. The van der Waals surface area contributed by atoms with Gasteiger partial charge in [0.25, 0.3) is 0 Å². The first-order valence-electron chi connectivity index (χ1n) is 7.56. The quantitative estimate of drug-likeness (QED) is 0.646. The van der Waals surface area contributed by atoms with Crippen molar-refractivity contribution in [1.82, 2.24) is 5.43 Å². The summed E-state index contributed by atoms with van der Waals surface area (Å²) in [7, 11) is 0. The van der Waals surface area contributed by atoms with Gasteiger partial charge in [0, 0.05) is 6.04 Å². The fourth-order valence-corrected chi connectivity index (χ4v) is 2.87. The van der Waals surface area contributed by atoms with Crippen molar-refractivity contribution in [2.45, 2.75) is 37.6 Å². The first kappa shape index (κ1) is 14.2. The molecule has 3 N–H and O–H groups in total. The van der Waals surface area contributed by atoms with Gasteiger partial charge >= 0.3 is 0 Å². The van der Waals surface area contributed by atoms with Gasteiger partial charge in [-0.2, -0.15) is 0 Å². The Balaban J connectivity index is 1.71. The lowest BCUT2D eigenvalue weighted by Crippen LogP contribution is -2.29. The number of benzene rings is 2. The van der Waals surface area contributed by atoms with Gasteiger partial charge in [0.15, 0.2) is 0 Å². The maximum atomic E-state index is 12.9. The van der Waals surface area contributed by atoms with E-state index in [4.69, 9.17) is 5.84 Å². The van der Waals surface area contributed by atoms with E-state index in [1.54, 1.807) is 0 Å². The second-order valence-corrected chi connectivity index (χ2v) is 5.84. The van der Waals surface area contributed by atoms with E-state index < -0.39 is 0 Å². The Morgan fingerprint density at radius 1 is 1.05 bits per heavy atom. The molecular formula is C18H21FN2. The van der Waals surface area contributed by atoms with Crippen molar-refractivity contribution in [2.75, 3.05) is 0 Å². The van der Waals surface area contributed by atoms with E-state index in [0.29, 0.717) is 0 Å². The first-order chi connectivity index (χ1) is 10.3. The average Bonchev–Trinajstić information content (AvgIpc) is 2.46. The topological polar surface area (TPSA) is 38.0 Å². The Morgan fingerprint density at radius 2 is 1.71 bits per heavy atom. The Bertz CT molecular complexity index is 573. The summed E-state index contributed by atoms with van der Waals surface area (Å²) >= 11 is 0. The molecule has 0 amide bonds. The summed E-state index contributed by atoms with van der Waals surface area (Å²) in [6.45, 7) is 0. The van der Waals surface area contributed by atoms with E-state index in [2.05, 4.69) is 29.7 Å². The van der Waals surface area contributed by atoms with Crippen molar-refractivity contribution in [2.24, 2.45) is 5.84 Å². The highest BCUT2D eigenvalue weighted by Gasteiger charge is 2.19. The van der Waals surface area contributed by atoms with Crippen LogP contribution in [0.1, 0.15) is 47.9 Å². The van der Waals surface area contributed by atoms with E-state index in [0.717, 1.165) is 17.9 Å². The number of hydrogen-bond acceptors (Lipinski definition) is 2. The van der Waals surface area contributed by atoms with E-state index in [-0.39, 0.29) is 11.9 Å². The molecule has 2 aromatic rings. The zero-order chi connectivity index (χ0) is 14.7. The Morgan fingerprint density at radius 3 is 2.24 bits per heavy atom. The summed E-state index contributed by atoms with van der Waals surface area (Å²) in [6, 6.07) is 15.4. The summed E-state index contributed by atoms with van der Waals surface area (Å²) in [6.07, 6.45) is 4.73. The third-order valence-corrected chi connectivity index (χ3v) is 4.47. The van der Waals surface area contributed by atoms with Crippen LogP contribution < -0.4 is 11.3 Å². The van der Waals surface area contributed by atoms with Gasteiger partial charge in [0.2, 0.25) is 0 Å². The highest BCUT2D eigenvalue weighted by molar-refractivity contribution is 5.30. The molecule has 2 nitrogen and oxygen atoms in total. The minimum absolute atomic E-state index is 0.0471. The van der Waals surface area contributed by atoms with E-state index >= 15 is 0 Å². The lowest BCUT2D eigenvalue weighted by molar-refractivity contribution is 0.419. The number of hydrazine groups is 1. The van der Waals surface area contributed by atoms with Crippen LogP contribution in [-0.4, -0.2) is 0 Å². The van der Waals surface area contributed by atoms with Gasteiger partial charge < -0.3 is 0 Å². The van der Waals surface area contributed by atoms with E-state index in [1.807, 2.05) is 12.1 Å². The molecule has 0 radical (unpaired) electrons. The van der Waals surface area contributed by atoms with Gasteiger partial charge in [0.05, 0.1) is 0 Å². The molecule has 1 unspecified atom stereocenters. The fraction of sp³-hybridized carbons (Fsp3) is 0.333. The van der Waals surface area contributed by atoms with Gasteiger partial charge in [0.1, 0.15) is 5.82 Å². The predicted molar refractivity (Wildman–Crippen MR) is 83.2 cm³/mol. The molecule has 0 aliphatic heterocycles. The van der Waals surface area contributed by atoms with Gasteiger partial charge in [-0.15, -0.1) is 0 Å². The third-order valence-electron chi connectivity index (χ3n) is 4.47. The normalized spacial score (nSPS) is 16.5. The molecule has 3 rings (SSSR count). The summed E-state index contributed by atoms with van der Waals surface area (Å²) in [4.78, 5) is 0. The van der Waals surface area contributed by atoms with E-state index in [1.165, 1.54) is 42.5 Å². The maximum absolute atomic E-state index is 12.9. The largest absolute Gasteiger partial charge is 0.271 e. The summed E-state index contributed by atoms with van der Waals surface area (Å²) < 4.78 is 12.9. The number of halogens is 1. The Kier molecular flexibility index (Phi) is 4.32. The molecule has 1 aliphatic rings. The number of rotatable bonds is 5. The van der Waals surface area contributed by atoms with Crippen LogP contribution in [0.3, 0.4) is 0 Å². The smallest absolute Gasteiger partial charge is 0.123 e. The second kappa shape index (κ2) is 6.37. The van der Waals surface area contributed by atoms with Crippen LogP contribution >= 0.6 is 0 Å². The Hall–Kier alpha value is -1.71. The highest BCUT2D eigenvalue weighted by atomic mass is 19.1. The fourth-order valence-electron chi connectivity index (χ4n) is 2.87. The van der Waals surface area contributed by atoms with Crippen molar-refractivity contribution in [3.8, 4) is 0 Å². The standard InChI is InChI=1S/C18H21FN2/c19-17-10-4-13(5-11-17)12-18(21-20)16-8-6-15(7-9-16)14-2-1-3-14/h4-11,14,18,21H,1-3,12,20H2. The average molecular weight is 284 g/mol. The molecule has 0 spiro atoms. The van der Waals surface area contributed by atoms with Crippen LogP contribution in [0, 0.1) is 5.82 Å². The van der Waals surface area contributed by atoms with Crippen molar-refractivity contribution < 1.29 is 4.39 Å². The van der Waals surface area contributed by atoms with Gasteiger partial charge in [-0.05, 0) is 54.0 Å². The Labute approximate surface area is 125 Å². The summed E-state index contributed by atoms with van der Waals surface area (Å²) in [5.74, 6) is 6.24. The molecule has 21 heavy (non-hydrogen) atoms. The molecule has 3 heteroatoms. The zero-order valence-corrected chi connectivity index (χ0v) is 12.1. The molecular weight excluding hydrogens is 263 g/mol. The monoisotopic (exact) mass is 284 g/mol. The molecule has 1 fully saturated rings. The van der Waals surface area contributed by atoms with E-state index in [9.17, 15) is 4.39 Å². The number of nitrogens with one attached hydrogen (secondary N) is 1. The number of nitrogens with two attached hydrogens (primary N) is 1. The molecule has 2 aromatic carbocycles. The van der Waals surface area contributed by atoms with Crippen LogP contribution in [0.15, 0.2) is 48.5 Å². The van der Waals surface area contributed by atoms with Crippen molar-refractivity contribution in [1.29, 1.82) is 0 Å². The van der Waals surface area contributed by atoms with Gasteiger partial charge in [-0.25, -0.2) is 4.39 Å². The highest BCUT2D eigenvalue weighted by Crippen LogP contribution is 2.36. The lowest BCUT2D eigenvalue weighted by Gasteiger charge is -2.26. The van der Waals surface area contributed by atoms with Gasteiger partial charge in [-0.1, -0.05) is 42.8 Å². The van der Waals surface area contributed by atoms with Crippen molar-refractivity contribution in [3.63, 3.8) is 0 Å². The number of hydrogen-bond donors (Lipinski definition) is 2. The minimum Gasteiger partial charge on any atom is -0.271 e. The lowest BCUT2D eigenvalue weighted by atomic mass is 9.80. The molecule has 0 bridgehead atoms. The molecule has 1 aliphatic carbocycles. The first-order valence-corrected chi connectivity index (χ1v) is 7.56. The second-order valence-electron chi connectivity index (χ2n) is 5.84. The van der Waals surface area contributed by atoms with Crippen LogP contribution in [0.2, 0.25) is 0 Å². The van der Waals surface area contributed by atoms with Crippen LogP contribution in [-0.2, 0) is 6.42 Å². The molecule has 0 saturated heterocycles. The molecule has 0 aromatic heterocycles. The predicted octanol–water partition coefficient (Wildman–Crippen LogP) is 3.84. The van der Waals surface area contributed by atoms with Crippen LogP contribution in [0.25, 0.3) is 0 Å². The molecule has 110 valence electrons. The van der Waals surface area contributed by atoms with Crippen LogP contribution in [0.4, 0.5) is 4.39 Å². The minimum atomic E-state index is -0.208. The molecule has 0 heterocycles. The zero-order valence-electron chi connectivity index (χ0n) is 12.1. The SMILES string of the molecule is NNC(Cc1ccc(F)cc1)c1ccc(C2CCC2)cc1. The van der Waals surface area contributed by atoms with Crippen LogP contribution in [0.5, 0.6) is 0 Å².